The lowest BCUT2D eigenvalue weighted by Crippen LogP contribution is -2.66. The molecule has 4 rings (SSSR count). The number of hydrogen-bond donors (Lipinski definition) is 1. The Hall–Kier alpha value is -3.42. The molecule has 3 aromatic rings. The first-order valence-corrected chi connectivity index (χ1v) is 13.4. The smallest absolute Gasteiger partial charge is 0.155 e. The molecule has 1 saturated carbocycles. The maximum atomic E-state index is 11.7. The van der Waals surface area contributed by atoms with Gasteiger partial charge in [0.25, 0.3) is 0 Å². The average Bonchev–Trinajstić information content (AvgIpc) is 2.99. The van der Waals surface area contributed by atoms with E-state index in [1.165, 1.54) is 0 Å². The maximum Gasteiger partial charge on any atom is 0.155 e. The minimum absolute atomic E-state index is 0.301. The minimum atomic E-state index is -1.04. The standard InChI is InChI=1S/C33H38O6/c1-3-20-35-29-28(34)30(37-22-25-14-8-5-9-15-25)31(36-21-4-2)33(39-24-27-18-12-7-13-19-27)32(29)38-23-26-16-10-6-11-17-26/h3-21,28-34H,22-24H2,1-2H3/b20-3+,21-4+/t28-,29-,30-,31-,32+,33+/m1/s1. The molecular weight excluding hydrogens is 492 g/mol. The van der Waals surface area contributed by atoms with E-state index in [4.69, 9.17) is 23.7 Å². The molecule has 0 amide bonds. The van der Waals surface area contributed by atoms with Crippen molar-refractivity contribution in [2.45, 2.75) is 70.3 Å². The second-order valence-electron chi connectivity index (χ2n) is 9.41. The minimum Gasteiger partial charge on any atom is -0.493 e. The Morgan fingerprint density at radius 3 is 1.28 bits per heavy atom. The van der Waals surface area contributed by atoms with Crippen molar-refractivity contribution in [3.05, 3.63) is 132 Å². The molecule has 0 aliphatic heterocycles. The number of hydrogen-bond acceptors (Lipinski definition) is 6. The highest BCUT2D eigenvalue weighted by Crippen LogP contribution is 2.34. The van der Waals surface area contributed by atoms with Crippen LogP contribution < -0.4 is 0 Å². The van der Waals surface area contributed by atoms with Crippen molar-refractivity contribution in [1.82, 2.24) is 0 Å². The zero-order chi connectivity index (χ0) is 27.3. The highest BCUT2D eigenvalue weighted by Gasteiger charge is 2.54. The van der Waals surface area contributed by atoms with Gasteiger partial charge in [-0.25, -0.2) is 0 Å². The van der Waals surface area contributed by atoms with Gasteiger partial charge in [0.15, 0.2) is 12.2 Å². The Labute approximate surface area is 231 Å². The van der Waals surface area contributed by atoms with Crippen LogP contribution in [0.5, 0.6) is 0 Å². The first-order valence-electron chi connectivity index (χ1n) is 13.4. The summed E-state index contributed by atoms with van der Waals surface area (Å²) in [5, 5.41) is 11.7. The topological polar surface area (TPSA) is 66.4 Å². The summed E-state index contributed by atoms with van der Waals surface area (Å²) >= 11 is 0. The Bertz CT molecular complexity index is 1130. The van der Waals surface area contributed by atoms with E-state index < -0.39 is 36.6 Å². The maximum absolute atomic E-state index is 11.7. The Kier molecular flexibility index (Phi) is 11.2. The molecule has 0 bridgehead atoms. The van der Waals surface area contributed by atoms with E-state index in [2.05, 4.69) is 0 Å². The number of aliphatic hydroxyl groups excluding tert-OH is 1. The molecule has 0 spiro atoms. The van der Waals surface area contributed by atoms with Crippen LogP contribution in [0.4, 0.5) is 0 Å². The second-order valence-corrected chi connectivity index (χ2v) is 9.41. The lowest BCUT2D eigenvalue weighted by Gasteiger charge is -2.47. The average molecular weight is 531 g/mol. The molecule has 6 atom stereocenters. The van der Waals surface area contributed by atoms with Gasteiger partial charge in [0.2, 0.25) is 0 Å². The highest BCUT2D eigenvalue weighted by molar-refractivity contribution is 5.16. The van der Waals surface area contributed by atoms with Gasteiger partial charge in [-0.3, -0.25) is 0 Å². The van der Waals surface area contributed by atoms with E-state index >= 15 is 0 Å². The van der Waals surface area contributed by atoms with Gasteiger partial charge in [0, 0.05) is 0 Å². The number of rotatable bonds is 13. The summed E-state index contributed by atoms with van der Waals surface area (Å²) in [4.78, 5) is 0. The van der Waals surface area contributed by atoms with Crippen LogP contribution in [-0.4, -0.2) is 41.7 Å². The van der Waals surface area contributed by atoms with E-state index in [9.17, 15) is 5.11 Å². The van der Waals surface area contributed by atoms with Crippen LogP contribution in [0.15, 0.2) is 116 Å². The predicted molar refractivity (Wildman–Crippen MR) is 150 cm³/mol. The molecule has 6 heteroatoms. The van der Waals surface area contributed by atoms with Gasteiger partial charge in [0.05, 0.1) is 32.3 Å². The van der Waals surface area contributed by atoms with E-state index in [1.807, 2.05) is 105 Å². The van der Waals surface area contributed by atoms with E-state index in [1.54, 1.807) is 24.7 Å². The first kappa shape index (κ1) is 28.6. The van der Waals surface area contributed by atoms with Gasteiger partial charge in [-0.1, -0.05) is 103 Å². The fraction of sp³-hybridized carbons (Fsp3) is 0.333. The summed E-state index contributed by atoms with van der Waals surface area (Å²) in [7, 11) is 0. The number of benzene rings is 3. The van der Waals surface area contributed by atoms with Gasteiger partial charge in [-0.05, 0) is 30.5 Å². The third kappa shape index (κ3) is 8.04. The molecule has 1 N–H and O–H groups in total. The lowest BCUT2D eigenvalue weighted by atomic mass is 9.83. The molecule has 1 aliphatic rings. The predicted octanol–water partition coefficient (Wildman–Crippen LogP) is 5.95. The summed E-state index contributed by atoms with van der Waals surface area (Å²) in [6.07, 6.45) is 2.31. The molecule has 0 heterocycles. The summed E-state index contributed by atoms with van der Waals surface area (Å²) in [6.45, 7) is 4.70. The quantitative estimate of drug-likeness (QED) is 0.275. The summed E-state index contributed by atoms with van der Waals surface area (Å²) in [6, 6.07) is 29.7. The van der Waals surface area contributed by atoms with E-state index in [0.29, 0.717) is 19.8 Å². The molecule has 0 unspecified atom stereocenters. The van der Waals surface area contributed by atoms with Crippen molar-refractivity contribution in [2.24, 2.45) is 0 Å². The van der Waals surface area contributed by atoms with Crippen molar-refractivity contribution in [3.8, 4) is 0 Å². The molecule has 3 aromatic carbocycles. The lowest BCUT2D eigenvalue weighted by molar-refractivity contribution is -0.264. The zero-order valence-electron chi connectivity index (χ0n) is 22.5. The molecule has 0 aromatic heterocycles. The molecule has 39 heavy (non-hydrogen) atoms. The zero-order valence-corrected chi connectivity index (χ0v) is 22.5. The van der Waals surface area contributed by atoms with Crippen molar-refractivity contribution < 1.29 is 28.8 Å². The fourth-order valence-corrected chi connectivity index (χ4v) is 4.66. The Morgan fingerprint density at radius 2 is 0.872 bits per heavy atom. The van der Waals surface area contributed by atoms with Gasteiger partial charge in [0.1, 0.15) is 24.4 Å². The highest BCUT2D eigenvalue weighted by atomic mass is 16.6. The van der Waals surface area contributed by atoms with Gasteiger partial charge >= 0.3 is 0 Å². The van der Waals surface area contributed by atoms with Crippen LogP contribution in [-0.2, 0) is 43.5 Å². The normalized spacial score (nSPS) is 25.2. The van der Waals surface area contributed by atoms with Crippen molar-refractivity contribution >= 4 is 0 Å². The van der Waals surface area contributed by atoms with Gasteiger partial charge in [-0.15, -0.1) is 0 Å². The van der Waals surface area contributed by atoms with Crippen LogP contribution >= 0.6 is 0 Å². The number of aliphatic hydroxyl groups is 1. The van der Waals surface area contributed by atoms with E-state index in [0.717, 1.165) is 16.7 Å². The molecule has 0 saturated heterocycles. The fourth-order valence-electron chi connectivity index (χ4n) is 4.66. The van der Waals surface area contributed by atoms with Crippen LogP contribution in [0.25, 0.3) is 0 Å². The molecule has 0 radical (unpaired) electrons. The van der Waals surface area contributed by atoms with Crippen molar-refractivity contribution in [2.75, 3.05) is 0 Å². The van der Waals surface area contributed by atoms with Crippen LogP contribution in [0.1, 0.15) is 30.5 Å². The van der Waals surface area contributed by atoms with Crippen LogP contribution in [0.2, 0.25) is 0 Å². The van der Waals surface area contributed by atoms with Crippen LogP contribution in [0, 0.1) is 0 Å². The van der Waals surface area contributed by atoms with E-state index in [-0.39, 0.29) is 0 Å². The van der Waals surface area contributed by atoms with Crippen molar-refractivity contribution in [1.29, 1.82) is 0 Å². The molecule has 1 fully saturated rings. The Balaban J connectivity index is 1.66. The summed E-state index contributed by atoms with van der Waals surface area (Å²) in [5.41, 5.74) is 3.01. The molecular formula is C33H38O6. The molecule has 1 aliphatic carbocycles. The van der Waals surface area contributed by atoms with Crippen molar-refractivity contribution in [3.63, 3.8) is 0 Å². The third-order valence-electron chi connectivity index (χ3n) is 6.57. The monoisotopic (exact) mass is 530 g/mol. The number of allylic oxidation sites excluding steroid dienone is 2. The third-order valence-corrected chi connectivity index (χ3v) is 6.57. The summed E-state index contributed by atoms with van der Waals surface area (Å²) in [5.74, 6) is 0. The van der Waals surface area contributed by atoms with Gasteiger partial charge < -0.3 is 28.8 Å². The SMILES string of the molecule is C/C=C/O[C@H]1[C@H](OCc2ccccc2)[C@@H](OCc2ccccc2)[C@H](O/C=C/C)[C@@H](O)[C@H]1OCc1ccccc1. The van der Waals surface area contributed by atoms with Crippen LogP contribution in [0.3, 0.4) is 0 Å². The first-order chi connectivity index (χ1) is 19.2. The Morgan fingerprint density at radius 1 is 0.513 bits per heavy atom. The molecule has 6 nitrogen and oxygen atoms in total. The largest absolute Gasteiger partial charge is 0.493 e. The second kappa shape index (κ2) is 15.2. The number of ether oxygens (including phenoxy) is 5. The van der Waals surface area contributed by atoms with Gasteiger partial charge in [-0.2, -0.15) is 0 Å². The summed E-state index contributed by atoms with van der Waals surface area (Å²) < 4.78 is 31.6. The molecule has 206 valence electrons.